The monoisotopic (exact) mass is 249 g/mol. The summed E-state index contributed by atoms with van der Waals surface area (Å²) in [6.45, 7) is 3.18. The van der Waals surface area contributed by atoms with Crippen molar-refractivity contribution in [2.24, 2.45) is 5.92 Å². The van der Waals surface area contributed by atoms with Crippen LogP contribution < -0.4 is 5.32 Å². The van der Waals surface area contributed by atoms with Crippen molar-refractivity contribution in [1.82, 2.24) is 5.32 Å². The minimum Gasteiger partial charge on any atom is -0.310 e. The van der Waals surface area contributed by atoms with Crippen LogP contribution in [0.25, 0.3) is 0 Å². The minimum atomic E-state index is -0.143. The summed E-state index contributed by atoms with van der Waals surface area (Å²) in [5, 5.41) is 3.56. The third-order valence-electron chi connectivity index (χ3n) is 4.04. The molecular weight excluding hydrogens is 225 g/mol. The lowest BCUT2D eigenvalue weighted by molar-refractivity contribution is 0.402. The second-order valence-electron chi connectivity index (χ2n) is 5.54. The quantitative estimate of drug-likeness (QED) is 0.777. The molecule has 2 rings (SSSR count). The summed E-state index contributed by atoms with van der Waals surface area (Å²) in [6, 6.07) is 7.15. The molecule has 1 fully saturated rings. The largest absolute Gasteiger partial charge is 0.310 e. The first kappa shape index (κ1) is 13.5. The van der Waals surface area contributed by atoms with Gasteiger partial charge < -0.3 is 5.32 Å². The van der Waals surface area contributed by atoms with Gasteiger partial charge in [0.2, 0.25) is 0 Å². The first-order valence-electron chi connectivity index (χ1n) is 7.24. The number of benzene rings is 1. The molecule has 1 saturated carbocycles. The van der Waals surface area contributed by atoms with Crippen LogP contribution in [0.5, 0.6) is 0 Å². The number of rotatable bonds is 4. The molecule has 0 heterocycles. The molecule has 0 aromatic heterocycles. The Morgan fingerprint density at radius 3 is 2.61 bits per heavy atom. The van der Waals surface area contributed by atoms with Crippen LogP contribution in [0.3, 0.4) is 0 Å². The molecule has 0 saturated heterocycles. The lowest BCUT2D eigenvalue weighted by atomic mass is 9.99. The molecule has 1 aliphatic rings. The molecule has 1 aromatic carbocycles. The molecule has 1 N–H and O–H groups in total. The lowest BCUT2D eigenvalue weighted by Crippen LogP contribution is -2.25. The van der Waals surface area contributed by atoms with Crippen molar-refractivity contribution in [1.29, 1.82) is 0 Å². The maximum absolute atomic E-state index is 13.1. The van der Waals surface area contributed by atoms with E-state index >= 15 is 0 Å². The Labute approximate surface area is 110 Å². The average Bonchev–Trinajstić information content (AvgIpc) is 2.64. The zero-order valence-electron chi connectivity index (χ0n) is 11.3. The Kier molecular flexibility index (Phi) is 5.18. The predicted molar refractivity (Wildman–Crippen MR) is 74.0 cm³/mol. The van der Waals surface area contributed by atoms with Gasteiger partial charge in [0.25, 0.3) is 0 Å². The van der Waals surface area contributed by atoms with Gasteiger partial charge in [-0.2, -0.15) is 0 Å². The van der Waals surface area contributed by atoms with E-state index in [1.165, 1.54) is 44.6 Å². The molecule has 2 heteroatoms. The van der Waals surface area contributed by atoms with Gasteiger partial charge in [-0.05, 0) is 49.9 Å². The first-order valence-corrected chi connectivity index (χ1v) is 7.24. The minimum absolute atomic E-state index is 0.143. The smallest absolute Gasteiger partial charge is 0.123 e. The topological polar surface area (TPSA) is 12.0 Å². The lowest BCUT2D eigenvalue weighted by Gasteiger charge is -2.19. The fourth-order valence-corrected chi connectivity index (χ4v) is 2.81. The normalized spacial score (nSPS) is 19.4. The Morgan fingerprint density at radius 1 is 1.22 bits per heavy atom. The second-order valence-corrected chi connectivity index (χ2v) is 5.54. The maximum Gasteiger partial charge on any atom is 0.123 e. The number of hydrogen-bond donors (Lipinski definition) is 1. The van der Waals surface area contributed by atoms with Gasteiger partial charge in [0.1, 0.15) is 5.82 Å². The molecule has 100 valence electrons. The van der Waals surface area contributed by atoms with Gasteiger partial charge in [0.05, 0.1) is 0 Å². The molecule has 1 atom stereocenters. The fourth-order valence-electron chi connectivity index (χ4n) is 2.81. The molecular formula is C16H24FN. The van der Waals surface area contributed by atoms with E-state index in [9.17, 15) is 4.39 Å². The fraction of sp³-hybridized carbons (Fsp3) is 0.625. The third-order valence-corrected chi connectivity index (χ3v) is 4.04. The van der Waals surface area contributed by atoms with Crippen molar-refractivity contribution in [3.8, 4) is 0 Å². The molecule has 0 unspecified atom stereocenters. The van der Waals surface area contributed by atoms with Gasteiger partial charge in [-0.1, -0.05) is 37.8 Å². The molecule has 18 heavy (non-hydrogen) atoms. The van der Waals surface area contributed by atoms with Crippen LogP contribution in [0.2, 0.25) is 0 Å². The molecule has 0 amide bonds. The zero-order valence-corrected chi connectivity index (χ0v) is 11.3. The molecule has 0 radical (unpaired) electrons. The van der Waals surface area contributed by atoms with Crippen molar-refractivity contribution >= 4 is 0 Å². The number of halogens is 1. The highest BCUT2D eigenvalue weighted by molar-refractivity contribution is 5.19. The SMILES string of the molecule is C[C@H](NCC1CCCCCC1)c1cccc(F)c1. The molecule has 1 aromatic rings. The van der Waals surface area contributed by atoms with Crippen LogP contribution in [0, 0.1) is 11.7 Å². The molecule has 1 nitrogen and oxygen atoms in total. The Bertz CT molecular complexity index is 356. The summed E-state index contributed by atoms with van der Waals surface area (Å²) < 4.78 is 13.1. The van der Waals surface area contributed by atoms with E-state index in [1.54, 1.807) is 12.1 Å². The zero-order chi connectivity index (χ0) is 12.8. The van der Waals surface area contributed by atoms with E-state index in [2.05, 4.69) is 12.2 Å². The van der Waals surface area contributed by atoms with E-state index in [-0.39, 0.29) is 11.9 Å². The summed E-state index contributed by atoms with van der Waals surface area (Å²) >= 11 is 0. The molecule has 0 aliphatic heterocycles. The average molecular weight is 249 g/mol. The third kappa shape index (κ3) is 4.09. The maximum atomic E-state index is 13.1. The highest BCUT2D eigenvalue weighted by atomic mass is 19.1. The van der Waals surface area contributed by atoms with Crippen LogP contribution >= 0.6 is 0 Å². The van der Waals surface area contributed by atoms with Crippen molar-refractivity contribution in [3.05, 3.63) is 35.6 Å². The highest BCUT2D eigenvalue weighted by Crippen LogP contribution is 2.23. The van der Waals surface area contributed by atoms with E-state index in [0.717, 1.165) is 18.0 Å². The highest BCUT2D eigenvalue weighted by Gasteiger charge is 2.13. The van der Waals surface area contributed by atoms with E-state index in [0.29, 0.717) is 0 Å². The van der Waals surface area contributed by atoms with Crippen molar-refractivity contribution in [2.75, 3.05) is 6.54 Å². The van der Waals surface area contributed by atoms with Gasteiger partial charge in [0, 0.05) is 6.04 Å². The predicted octanol–water partition coefficient (Wildman–Crippen LogP) is 4.45. The summed E-state index contributed by atoms with van der Waals surface area (Å²) in [4.78, 5) is 0. The van der Waals surface area contributed by atoms with Crippen LogP contribution in [0.4, 0.5) is 4.39 Å². The Hall–Kier alpha value is -0.890. The summed E-state index contributed by atoms with van der Waals surface area (Å²) in [5.41, 5.74) is 1.05. The van der Waals surface area contributed by atoms with E-state index in [4.69, 9.17) is 0 Å². The first-order chi connectivity index (χ1) is 8.75. The standard InChI is InChI=1S/C16H24FN/c1-13(15-9-6-10-16(17)11-15)18-12-14-7-4-2-3-5-8-14/h6,9-11,13-14,18H,2-5,7-8,12H2,1H3/t13-/m0/s1. The molecule has 0 spiro atoms. The van der Waals surface area contributed by atoms with Crippen LogP contribution in [0.1, 0.15) is 57.1 Å². The number of hydrogen-bond acceptors (Lipinski definition) is 1. The van der Waals surface area contributed by atoms with E-state index < -0.39 is 0 Å². The van der Waals surface area contributed by atoms with Crippen LogP contribution in [0.15, 0.2) is 24.3 Å². The van der Waals surface area contributed by atoms with Crippen molar-refractivity contribution in [2.45, 2.75) is 51.5 Å². The molecule has 1 aliphatic carbocycles. The summed E-state index contributed by atoms with van der Waals surface area (Å²) in [6.07, 6.45) is 8.25. The summed E-state index contributed by atoms with van der Waals surface area (Å²) in [7, 11) is 0. The van der Waals surface area contributed by atoms with Gasteiger partial charge in [-0.3, -0.25) is 0 Å². The Morgan fingerprint density at radius 2 is 1.94 bits per heavy atom. The van der Waals surface area contributed by atoms with E-state index in [1.807, 2.05) is 6.07 Å². The van der Waals surface area contributed by atoms with Crippen molar-refractivity contribution < 1.29 is 4.39 Å². The second kappa shape index (κ2) is 6.89. The number of nitrogens with one attached hydrogen (secondary N) is 1. The Balaban J connectivity index is 1.82. The van der Waals surface area contributed by atoms with Gasteiger partial charge in [-0.15, -0.1) is 0 Å². The van der Waals surface area contributed by atoms with Crippen LogP contribution in [-0.4, -0.2) is 6.54 Å². The molecule has 0 bridgehead atoms. The van der Waals surface area contributed by atoms with Gasteiger partial charge >= 0.3 is 0 Å². The van der Waals surface area contributed by atoms with Gasteiger partial charge in [-0.25, -0.2) is 4.39 Å². The summed E-state index contributed by atoms with van der Waals surface area (Å²) in [5.74, 6) is 0.666. The van der Waals surface area contributed by atoms with Crippen LogP contribution in [-0.2, 0) is 0 Å². The van der Waals surface area contributed by atoms with Gasteiger partial charge in [0.15, 0.2) is 0 Å². The van der Waals surface area contributed by atoms with Crippen molar-refractivity contribution in [3.63, 3.8) is 0 Å².